The van der Waals surface area contributed by atoms with Crippen molar-refractivity contribution in [3.8, 4) is 17.0 Å². The maximum absolute atomic E-state index is 12.7. The Labute approximate surface area is 160 Å². The van der Waals surface area contributed by atoms with Crippen LogP contribution in [0.25, 0.3) is 11.3 Å². The summed E-state index contributed by atoms with van der Waals surface area (Å²) in [7, 11) is 1.53. The second kappa shape index (κ2) is 7.03. The number of carbonyl (C=O) groups is 2. The van der Waals surface area contributed by atoms with Crippen molar-refractivity contribution < 1.29 is 24.0 Å². The monoisotopic (exact) mass is 376 g/mol. The van der Waals surface area contributed by atoms with Crippen molar-refractivity contribution >= 4 is 17.4 Å². The molecule has 2 aromatic carbocycles. The molecule has 3 aromatic rings. The summed E-state index contributed by atoms with van der Waals surface area (Å²) in [5.74, 6) is -0.909. The Balaban J connectivity index is 1.56. The number of hydrogen-bond donors (Lipinski definition) is 1. The minimum absolute atomic E-state index is 0.00115. The van der Waals surface area contributed by atoms with Crippen molar-refractivity contribution in [2.24, 2.45) is 0 Å². The van der Waals surface area contributed by atoms with Gasteiger partial charge in [0.15, 0.2) is 11.5 Å². The molecule has 0 fully saturated rings. The zero-order valence-corrected chi connectivity index (χ0v) is 15.0. The van der Waals surface area contributed by atoms with E-state index in [-0.39, 0.29) is 12.1 Å². The van der Waals surface area contributed by atoms with Gasteiger partial charge >= 0.3 is 0 Å². The highest BCUT2D eigenvalue weighted by atomic mass is 16.5. The number of carbonyl (C=O) groups excluding carboxylic acids is 2. The van der Waals surface area contributed by atoms with Crippen molar-refractivity contribution in [3.05, 3.63) is 77.8 Å². The molecule has 1 aliphatic rings. The Morgan fingerprint density at radius 1 is 1.11 bits per heavy atom. The number of nitrogens with zero attached hydrogens (tertiary/aromatic N) is 2. The van der Waals surface area contributed by atoms with E-state index >= 15 is 0 Å². The van der Waals surface area contributed by atoms with Gasteiger partial charge in [-0.15, -0.1) is 0 Å². The Kier molecular flexibility index (Phi) is 4.41. The molecule has 1 N–H and O–H groups in total. The third-order valence-corrected chi connectivity index (χ3v) is 4.59. The summed E-state index contributed by atoms with van der Waals surface area (Å²) in [5, 5.41) is 14.1. The van der Waals surface area contributed by atoms with Crippen LogP contribution < -0.4 is 9.64 Å². The summed E-state index contributed by atoms with van der Waals surface area (Å²) in [6, 6.07) is 15.3. The van der Waals surface area contributed by atoms with Crippen LogP contribution in [0.4, 0.5) is 5.69 Å². The minimum Gasteiger partial charge on any atom is -0.503 e. The van der Waals surface area contributed by atoms with Gasteiger partial charge in [-0.3, -0.25) is 9.59 Å². The average molecular weight is 376 g/mol. The van der Waals surface area contributed by atoms with E-state index in [0.29, 0.717) is 22.7 Å². The van der Waals surface area contributed by atoms with Gasteiger partial charge in [0.1, 0.15) is 17.7 Å². The first-order chi connectivity index (χ1) is 13.6. The van der Waals surface area contributed by atoms with Crippen molar-refractivity contribution in [2.75, 3.05) is 18.6 Å². The Morgan fingerprint density at radius 2 is 1.82 bits per heavy atom. The fraction of sp³-hybridized carbons (Fsp3) is 0.0952. The molecule has 7 heteroatoms. The van der Waals surface area contributed by atoms with E-state index in [0.717, 1.165) is 5.56 Å². The number of methoxy groups -OCH3 is 1. The fourth-order valence-corrected chi connectivity index (χ4v) is 3.04. The molecule has 140 valence electrons. The van der Waals surface area contributed by atoms with Crippen LogP contribution in [-0.4, -0.2) is 35.6 Å². The molecule has 0 saturated heterocycles. The highest BCUT2D eigenvalue weighted by molar-refractivity contribution is 6.19. The molecule has 0 unspecified atom stereocenters. The predicted molar refractivity (Wildman–Crippen MR) is 101 cm³/mol. The van der Waals surface area contributed by atoms with Gasteiger partial charge in [0.05, 0.1) is 19.2 Å². The number of ether oxygens (including phenoxy) is 1. The third-order valence-electron chi connectivity index (χ3n) is 4.59. The molecular weight excluding hydrogens is 360 g/mol. The van der Waals surface area contributed by atoms with E-state index in [9.17, 15) is 14.7 Å². The maximum Gasteiger partial charge on any atom is 0.293 e. The zero-order valence-electron chi connectivity index (χ0n) is 15.0. The number of aliphatic hydroxyl groups excluding tert-OH is 1. The quantitative estimate of drug-likeness (QED) is 0.686. The second-order valence-electron chi connectivity index (χ2n) is 6.21. The van der Waals surface area contributed by atoms with E-state index in [1.54, 1.807) is 54.6 Å². The van der Waals surface area contributed by atoms with Crippen molar-refractivity contribution in [1.29, 1.82) is 0 Å². The van der Waals surface area contributed by atoms with Gasteiger partial charge < -0.3 is 19.3 Å². The summed E-state index contributed by atoms with van der Waals surface area (Å²) in [5.41, 5.74) is 2.52. The lowest BCUT2D eigenvalue weighted by Crippen LogP contribution is -2.27. The summed E-state index contributed by atoms with van der Waals surface area (Å²) >= 11 is 0. The molecule has 0 aliphatic carbocycles. The molecule has 0 atom stereocenters. The lowest BCUT2D eigenvalue weighted by atomic mass is 10.0. The van der Waals surface area contributed by atoms with Crippen LogP contribution in [0.3, 0.4) is 0 Å². The van der Waals surface area contributed by atoms with E-state index < -0.39 is 17.4 Å². The van der Waals surface area contributed by atoms with Crippen LogP contribution >= 0.6 is 0 Å². The van der Waals surface area contributed by atoms with Crippen molar-refractivity contribution in [3.63, 3.8) is 0 Å². The Hall–Kier alpha value is -3.87. The minimum atomic E-state index is -0.606. The molecule has 1 aromatic heterocycles. The molecule has 0 spiro atoms. The number of rotatable bonds is 5. The van der Waals surface area contributed by atoms with Crippen LogP contribution in [0.2, 0.25) is 0 Å². The average Bonchev–Trinajstić information content (AvgIpc) is 3.37. The van der Waals surface area contributed by atoms with Gasteiger partial charge in [-0.25, -0.2) is 0 Å². The lowest BCUT2D eigenvalue weighted by Gasteiger charge is -2.16. The van der Waals surface area contributed by atoms with E-state index in [2.05, 4.69) is 5.16 Å². The zero-order chi connectivity index (χ0) is 19.7. The first-order valence-electron chi connectivity index (χ1n) is 8.52. The smallest absolute Gasteiger partial charge is 0.293 e. The molecule has 1 aliphatic heterocycles. The van der Waals surface area contributed by atoms with E-state index in [4.69, 9.17) is 9.26 Å². The number of benzene rings is 2. The van der Waals surface area contributed by atoms with Gasteiger partial charge in [-0.1, -0.05) is 17.3 Å². The number of anilines is 1. The molecule has 4 rings (SSSR count). The highest BCUT2D eigenvalue weighted by Crippen LogP contribution is 2.29. The molecule has 1 amide bonds. The van der Waals surface area contributed by atoms with E-state index in [1.165, 1.54) is 18.3 Å². The molecule has 0 saturated carbocycles. The Bertz CT molecular complexity index is 1050. The molecule has 28 heavy (non-hydrogen) atoms. The summed E-state index contributed by atoms with van der Waals surface area (Å²) in [4.78, 5) is 26.6. The fourth-order valence-electron chi connectivity index (χ4n) is 3.04. The summed E-state index contributed by atoms with van der Waals surface area (Å²) in [6.45, 7) is -0.00115. The van der Waals surface area contributed by atoms with E-state index in [1.807, 2.05) is 0 Å². The normalized spacial score (nSPS) is 13.9. The predicted octanol–water partition coefficient (Wildman–Crippen LogP) is 3.39. The number of hydrogen-bond acceptors (Lipinski definition) is 6. The first kappa shape index (κ1) is 17.5. The van der Waals surface area contributed by atoms with Gasteiger partial charge in [0.2, 0.25) is 0 Å². The topological polar surface area (TPSA) is 92.9 Å². The van der Waals surface area contributed by atoms with Crippen LogP contribution in [-0.2, 0) is 4.79 Å². The first-order valence-corrected chi connectivity index (χ1v) is 8.52. The van der Waals surface area contributed by atoms with Crippen LogP contribution in [0.5, 0.6) is 5.75 Å². The van der Waals surface area contributed by atoms with Gasteiger partial charge in [0.25, 0.3) is 5.91 Å². The number of aliphatic hydroxyl groups is 1. The third kappa shape index (κ3) is 3.03. The Morgan fingerprint density at radius 3 is 2.43 bits per heavy atom. The molecular formula is C21H16N2O5. The van der Waals surface area contributed by atoms with Crippen LogP contribution in [0.15, 0.2) is 76.7 Å². The molecule has 0 radical (unpaired) electrons. The van der Waals surface area contributed by atoms with Gasteiger partial charge in [-0.2, -0.15) is 0 Å². The summed E-state index contributed by atoms with van der Waals surface area (Å²) < 4.78 is 9.91. The second-order valence-corrected chi connectivity index (χ2v) is 6.21. The number of aromatic nitrogens is 1. The molecule has 7 nitrogen and oxygen atoms in total. The summed E-state index contributed by atoms with van der Waals surface area (Å²) in [6.07, 6.45) is 1.48. The maximum atomic E-state index is 12.7. The number of ketones is 1. The molecule has 2 heterocycles. The van der Waals surface area contributed by atoms with Gasteiger partial charge in [-0.05, 0) is 36.4 Å². The van der Waals surface area contributed by atoms with Gasteiger partial charge in [0, 0.05) is 22.9 Å². The standard InChI is InChI=1S/C21H16N2O5/c1-27-16-8-4-14(5-9-16)19(24)17-12-23(21(26)20(17)25)15-6-2-13(3-7-15)18-10-11-28-22-18/h2-11,25H,12H2,1H3. The molecule has 0 bridgehead atoms. The van der Waals surface area contributed by atoms with Crippen LogP contribution in [0.1, 0.15) is 10.4 Å². The van der Waals surface area contributed by atoms with Crippen molar-refractivity contribution in [1.82, 2.24) is 5.16 Å². The number of Topliss-reactive ketones (excluding diaryl/α,β-unsaturated/α-hetero) is 1. The van der Waals surface area contributed by atoms with Crippen LogP contribution in [0, 0.1) is 0 Å². The SMILES string of the molecule is COc1ccc(C(=O)C2=C(O)C(=O)N(c3ccc(-c4ccon4)cc3)C2)cc1. The number of amides is 1. The highest BCUT2D eigenvalue weighted by Gasteiger charge is 2.35. The lowest BCUT2D eigenvalue weighted by molar-refractivity contribution is -0.116. The van der Waals surface area contributed by atoms with Crippen molar-refractivity contribution in [2.45, 2.75) is 0 Å². The largest absolute Gasteiger partial charge is 0.503 e.